The second kappa shape index (κ2) is 3.21. The molecular weight excluding hydrogens is 178 g/mol. The Morgan fingerprint density at radius 3 is 2.86 bits per heavy atom. The largest absolute Gasteiger partial charge is 0.327 e. The van der Waals surface area contributed by atoms with E-state index in [0.29, 0.717) is 5.92 Å². The molecule has 0 atom stereocenters. The Hall–Kier alpha value is -1.71. The number of nitrogens with zero attached hydrogens (tertiary/aromatic N) is 2. The average molecular weight is 189 g/mol. The van der Waals surface area contributed by atoms with Crippen molar-refractivity contribution in [2.24, 2.45) is 0 Å². The van der Waals surface area contributed by atoms with Crippen molar-refractivity contribution >= 4 is 10.9 Å². The Kier molecular flexibility index (Phi) is 2.04. The molecule has 0 unspecified atom stereocenters. The number of H-pyrrole nitrogens is 1. The van der Waals surface area contributed by atoms with E-state index < -0.39 is 0 Å². The summed E-state index contributed by atoms with van der Waals surface area (Å²) < 4.78 is 0. The molecule has 0 aromatic carbocycles. The molecule has 0 aliphatic rings. The number of fused-ring (bicyclic) bond motifs is 1. The lowest BCUT2D eigenvalue weighted by Crippen LogP contribution is -2.05. The van der Waals surface area contributed by atoms with E-state index in [1.54, 1.807) is 12.3 Å². The molecule has 2 aromatic rings. The van der Waals surface area contributed by atoms with Crippen molar-refractivity contribution in [3.8, 4) is 0 Å². The zero-order valence-electron chi connectivity index (χ0n) is 8.11. The summed E-state index contributed by atoms with van der Waals surface area (Å²) in [5.74, 6) is 0.294. The molecule has 2 aromatic heterocycles. The van der Waals surface area contributed by atoms with Gasteiger partial charge < -0.3 is 4.98 Å². The summed E-state index contributed by atoms with van der Waals surface area (Å²) >= 11 is 0. The molecule has 0 radical (unpaired) electrons. The summed E-state index contributed by atoms with van der Waals surface area (Å²) in [7, 11) is 0. The van der Waals surface area contributed by atoms with Gasteiger partial charge in [0.05, 0.1) is 11.2 Å². The molecule has 4 heteroatoms. The lowest BCUT2D eigenvalue weighted by Gasteiger charge is -2.06. The van der Waals surface area contributed by atoms with Gasteiger partial charge in [-0.15, -0.1) is 0 Å². The number of hydrogen-bond acceptors (Lipinski definition) is 3. The van der Waals surface area contributed by atoms with Crippen molar-refractivity contribution in [1.82, 2.24) is 15.0 Å². The summed E-state index contributed by atoms with van der Waals surface area (Å²) in [5, 5.41) is 0.839. The monoisotopic (exact) mass is 189 g/mol. The van der Waals surface area contributed by atoms with Crippen LogP contribution in [0.4, 0.5) is 0 Å². The highest BCUT2D eigenvalue weighted by Gasteiger charge is 2.07. The van der Waals surface area contributed by atoms with E-state index in [0.717, 1.165) is 16.6 Å². The molecule has 0 bridgehead atoms. The molecule has 0 saturated carbocycles. The predicted octanol–water partition coefficient (Wildman–Crippen LogP) is 1.44. The van der Waals surface area contributed by atoms with Crippen LogP contribution in [0.25, 0.3) is 10.9 Å². The van der Waals surface area contributed by atoms with E-state index in [4.69, 9.17) is 0 Å². The van der Waals surface area contributed by atoms with Crippen LogP contribution >= 0.6 is 0 Å². The third-order valence-corrected chi connectivity index (χ3v) is 2.12. The van der Waals surface area contributed by atoms with Crippen LogP contribution in [0.3, 0.4) is 0 Å². The maximum Gasteiger partial charge on any atom is 0.248 e. The number of nitrogens with one attached hydrogen (secondary N) is 1. The maximum absolute atomic E-state index is 11.1. The van der Waals surface area contributed by atoms with Crippen LogP contribution in [0.15, 0.2) is 23.4 Å². The summed E-state index contributed by atoms with van der Waals surface area (Å²) in [6, 6.07) is 1.55. The van der Waals surface area contributed by atoms with Crippen molar-refractivity contribution < 1.29 is 0 Å². The van der Waals surface area contributed by atoms with Crippen LogP contribution in [-0.2, 0) is 0 Å². The molecule has 2 rings (SSSR count). The molecule has 1 N–H and O–H groups in total. The molecule has 2 heterocycles. The molecular formula is C10H11N3O. The zero-order chi connectivity index (χ0) is 10.1. The third kappa shape index (κ3) is 1.39. The highest BCUT2D eigenvalue weighted by molar-refractivity contribution is 5.79. The van der Waals surface area contributed by atoms with Crippen LogP contribution in [0.5, 0.6) is 0 Å². The van der Waals surface area contributed by atoms with Gasteiger partial charge in [0.25, 0.3) is 0 Å². The second-order valence-corrected chi connectivity index (χ2v) is 3.51. The van der Waals surface area contributed by atoms with Crippen molar-refractivity contribution in [2.45, 2.75) is 19.8 Å². The molecule has 0 spiro atoms. The summed E-state index contributed by atoms with van der Waals surface area (Å²) in [6.07, 6.45) is 3.14. The first-order chi connectivity index (χ1) is 6.68. The Labute approximate surface area is 81.0 Å². The van der Waals surface area contributed by atoms with Gasteiger partial charge in [0.2, 0.25) is 5.56 Å². The van der Waals surface area contributed by atoms with Crippen molar-refractivity contribution in [3.63, 3.8) is 0 Å². The number of aromatic amines is 1. The topological polar surface area (TPSA) is 58.6 Å². The number of aromatic nitrogens is 3. The van der Waals surface area contributed by atoms with E-state index in [9.17, 15) is 4.79 Å². The smallest absolute Gasteiger partial charge is 0.248 e. The van der Waals surface area contributed by atoms with Crippen LogP contribution < -0.4 is 5.56 Å². The fraction of sp³-hybridized carbons (Fsp3) is 0.300. The molecule has 72 valence electrons. The minimum absolute atomic E-state index is 0.116. The first-order valence-corrected chi connectivity index (χ1v) is 4.52. The lowest BCUT2D eigenvalue weighted by molar-refractivity contribution is 0.828. The first-order valence-electron chi connectivity index (χ1n) is 4.52. The van der Waals surface area contributed by atoms with Gasteiger partial charge in [0, 0.05) is 17.6 Å². The quantitative estimate of drug-likeness (QED) is 0.738. The van der Waals surface area contributed by atoms with Gasteiger partial charge in [-0.1, -0.05) is 13.8 Å². The lowest BCUT2D eigenvalue weighted by atomic mass is 10.1. The van der Waals surface area contributed by atoms with E-state index in [1.165, 1.54) is 6.33 Å². The molecule has 4 nitrogen and oxygen atoms in total. The Bertz CT molecular complexity index is 516. The number of hydrogen-bond donors (Lipinski definition) is 1. The highest BCUT2D eigenvalue weighted by Crippen LogP contribution is 2.18. The predicted molar refractivity (Wildman–Crippen MR) is 54.2 cm³/mol. The normalized spacial score (nSPS) is 11.1. The van der Waals surface area contributed by atoms with Crippen LogP contribution in [-0.4, -0.2) is 15.0 Å². The summed E-state index contributed by atoms with van der Waals surface area (Å²) in [4.78, 5) is 22.0. The fourth-order valence-corrected chi connectivity index (χ4v) is 1.46. The minimum Gasteiger partial charge on any atom is -0.327 e. The van der Waals surface area contributed by atoms with Crippen molar-refractivity contribution in [3.05, 3.63) is 34.6 Å². The van der Waals surface area contributed by atoms with Crippen LogP contribution in [0.2, 0.25) is 0 Å². The highest BCUT2D eigenvalue weighted by atomic mass is 16.1. The molecule has 0 saturated heterocycles. The van der Waals surface area contributed by atoms with Gasteiger partial charge in [0.1, 0.15) is 6.33 Å². The van der Waals surface area contributed by atoms with Crippen molar-refractivity contribution in [2.75, 3.05) is 0 Å². The second-order valence-electron chi connectivity index (χ2n) is 3.51. The van der Waals surface area contributed by atoms with Crippen molar-refractivity contribution in [1.29, 1.82) is 0 Å². The van der Waals surface area contributed by atoms with Gasteiger partial charge in [-0.2, -0.15) is 0 Å². The molecule has 14 heavy (non-hydrogen) atoms. The van der Waals surface area contributed by atoms with E-state index >= 15 is 0 Å². The first kappa shape index (κ1) is 8.87. The van der Waals surface area contributed by atoms with Gasteiger partial charge in [-0.25, -0.2) is 9.97 Å². The summed E-state index contributed by atoms with van der Waals surface area (Å²) in [5.41, 5.74) is 1.58. The maximum atomic E-state index is 11.1. The number of rotatable bonds is 1. The van der Waals surface area contributed by atoms with E-state index in [1.807, 2.05) is 13.8 Å². The average Bonchev–Trinajstić information content (AvgIpc) is 2.16. The molecule has 0 aliphatic heterocycles. The third-order valence-electron chi connectivity index (χ3n) is 2.12. The van der Waals surface area contributed by atoms with E-state index in [-0.39, 0.29) is 5.56 Å². The zero-order valence-corrected chi connectivity index (χ0v) is 8.11. The van der Waals surface area contributed by atoms with Gasteiger partial charge >= 0.3 is 0 Å². The Morgan fingerprint density at radius 2 is 2.14 bits per heavy atom. The minimum atomic E-state index is -0.116. The number of pyridine rings is 1. The van der Waals surface area contributed by atoms with E-state index in [2.05, 4.69) is 15.0 Å². The fourth-order valence-electron chi connectivity index (χ4n) is 1.46. The molecule has 0 fully saturated rings. The molecule has 0 aliphatic carbocycles. The summed E-state index contributed by atoms with van der Waals surface area (Å²) in [6.45, 7) is 4.09. The standard InChI is InChI=1S/C10H11N3O/c1-6(2)10-7-3-9(14)11-4-8(7)12-5-13-10/h3-6H,1-2H3,(H,11,14). The Morgan fingerprint density at radius 1 is 1.36 bits per heavy atom. The van der Waals surface area contributed by atoms with Crippen LogP contribution in [0, 0.1) is 0 Å². The Balaban J connectivity index is 2.84. The van der Waals surface area contributed by atoms with Gasteiger partial charge in [0.15, 0.2) is 0 Å². The van der Waals surface area contributed by atoms with Crippen LogP contribution in [0.1, 0.15) is 25.5 Å². The SMILES string of the molecule is CC(C)c1ncnc2c[nH]c(=O)cc12. The van der Waals surface area contributed by atoms with Gasteiger partial charge in [-0.05, 0) is 5.92 Å². The van der Waals surface area contributed by atoms with Gasteiger partial charge in [-0.3, -0.25) is 4.79 Å². The molecule has 0 amide bonds.